The van der Waals surface area contributed by atoms with Crippen molar-refractivity contribution in [2.45, 2.75) is 6.92 Å². The van der Waals surface area contributed by atoms with Gasteiger partial charge in [0.05, 0.1) is 11.6 Å². The van der Waals surface area contributed by atoms with Gasteiger partial charge in [-0.2, -0.15) is 0 Å². The van der Waals surface area contributed by atoms with Gasteiger partial charge in [-0.1, -0.05) is 30.3 Å². The van der Waals surface area contributed by atoms with E-state index in [0.29, 0.717) is 16.5 Å². The van der Waals surface area contributed by atoms with Gasteiger partial charge in [0.15, 0.2) is 5.43 Å². The van der Waals surface area contributed by atoms with Crippen LogP contribution in [0.15, 0.2) is 51.9 Å². The average Bonchev–Trinajstić information content (AvgIpc) is 2.33. The lowest BCUT2D eigenvalue weighted by atomic mass is 10.1. The highest BCUT2D eigenvalue weighted by Crippen LogP contribution is 2.23. The SMILES string of the molecule is Cc1coc2c(ccc3ccccc32)c1=O. The lowest BCUT2D eigenvalue weighted by molar-refractivity contribution is 0.600. The molecule has 0 amide bonds. The van der Waals surface area contributed by atoms with E-state index in [2.05, 4.69) is 0 Å². The fraction of sp³-hybridized carbons (Fsp3) is 0.0714. The van der Waals surface area contributed by atoms with Gasteiger partial charge in [0.25, 0.3) is 0 Å². The molecule has 0 fully saturated rings. The van der Waals surface area contributed by atoms with Crippen molar-refractivity contribution in [3.63, 3.8) is 0 Å². The first-order valence-corrected chi connectivity index (χ1v) is 5.17. The van der Waals surface area contributed by atoms with Crippen molar-refractivity contribution in [2.75, 3.05) is 0 Å². The van der Waals surface area contributed by atoms with E-state index in [1.54, 1.807) is 6.92 Å². The number of hydrogen-bond donors (Lipinski definition) is 0. The summed E-state index contributed by atoms with van der Waals surface area (Å²) in [6.07, 6.45) is 1.52. The van der Waals surface area contributed by atoms with Gasteiger partial charge in [-0.05, 0) is 18.4 Å². The predicted molar refractivity (Wildman–Crippen MR) is 64.7 cm³/mol. The van der Waals surface area contributed by atoms with Crippen molar-refractivity contribution in [1.82, 2.24) is 0 Å². The van der Waals surface area contributed by atoms with Crippen molar-refractivity contribution >= 4 is 21.7 Å². The molecule has 0 radical (unpaired) electrons. The molecule has 0 unspecified atom stereocenters. The Morgan fingerprint density at radius 3 is 2.69 bits per heavy atom. The molecule has 1 heterocycles. The van der Waals surface area contributed by atoms with E-state index < -0.39 is 0 Å². The predicted octanol–water partition coefficient (Wildman–Crippen LogP) is 3.25. The highest BCUT2D eigenvalue weighted by Gasteiger charge is 2.06. The molecule has 3 aromatic rings. The fourth-order valence-electron chi connectivity index (χ4n) is 1.96. The summed E-state index contributed by atoms with van der Waals surface area (Å²) < 4.78 is 5.54. The number of aryl methyl sites for hydroxylation is 1. The largest absolute Gasteiger partial charge is 0.463 e. The molecule has 0 saturated heterocycles. The molecule has 0 bridgehead atoms. The topological polar surface area (TPSA) is 30.2 Å². The summed E-state index contributed by atoms with van der Waals surface area (Å²) in [6.45, 7) is 1.76. The van der Waals surface area contributed by atoms with Crippen molar-refractivity contribution in [3.05, 3.63) is 58.4 Å². The molecular formula is C14H10O2. The van der Waals surface area contributed by atoms with Gasteiger partial charge >= 0.3 is 0 Å². The van der Waals surface area contributed by atoms with E-state index in [-0.39, 0.29) is 5.43 Å². The maximum absolute atomic E-state index is 11.9. The maximum Gasteiger partial charge on any atom is 0.195 e. The fourth-order valence-corrected chi connectivity index (χ4v) is 1.96. The molecule has 0 aliphatic heterocycles. The molecule has 2 aromatic carbocycles. The first-order valence-electron chi connectivity index (χ1n) is 5.17. The van der Waals surface area contributed by atoms with E-state index >= 15 is 0 Å². The van der Waals surface area contributed by atoms with Crippen LogP contribution in [0.4, 0.5) is 0 Å². The Labute approximate surface area is 92.1 Å². The van der Waals surface area contributed by atoms with Crippen LogP contribution in [0.25, 0.3) is 21.7 Å². The number of hydrogen-bond acceptors (Lipinski definition) is 2. The van der Waals surface area contributed by atoms with Crippen LogP contribution in [0.3, 0.4) is 0 Å². The third kappa shape index (κ3) is 1.16. The van der Waals surface area contributed by atoms with Crippen molar-refractivity contribution < 1.29 is 4.42 Å². The molecule has 2 nitrogen and oxygen atoms in total. The highest BCUT2D eigenvalue weighted by molar-refractivity contribution is 6.03. The lowest BCUT2D eigenvalue weighted by Gasteiger charge is -2.02. The zero-order chi connectivity index (χ0) is 11.1. The molecule has 16 heavy (non-hydrogen) atoms. The van der Waals surface area contributed by atoms with Gasteiger partial charge in [0.1, 0.15) is 5.58 Å². The standard InChI is InChI=1S/C14H10O2/c1-9-8-16-14-11-5-3-2-4-10(11)6-7-12(14)13(9)15/h2-8H,1H3. The lowest BCUT2D eigenvalue weighted by Crippen LogP contribution is -2.04. The molecule has 0 atom stereocenters. The molecule has 0 N–H and O–H groups in total. The smallest absolute Gasteiger partial charge is 0.195 e. The maximum atomic E-state index is 11.9. The van der Waals surface area contributed by atoms with Crippen molar-refractivity contribution in [2.24, 2.45) is 0 Å². The van der Waals surface area contributed by atoms with E-state index in [9.17, 15) is 4.79 Å². The van der Waals surface area contributed by atoms with Crippen LogP contribution in [-0.2, 0) is 0 Å². The normalized spacial score (nSPS) is 11.1. The van der Waals surface area contributed by atoms with Crippen LogP contribution < -0.4 is 5.43 Å². The first kappa shape index (κ1) is 9.16. The number of benzene rings is 2. The van der Waals surface area contributed by atoms with Crippen LogP contribution in [0.5, 0.6) is 0 Å². The Morgan fingerprint density at radius 1 is 1.00 bits per heavy atom. The first-order chi connectivity index (χ1) is 7.77. The minimum atomic E-state index is 0.0482. The van der Waals surface area contributed by atoms with E-state index in [4.69, 9.17) is 4.42 Å². The zero-order valence-electron chi connectivity index (χ0n) is 8.86. The minimum absolute atomic E-state index is 0.0482. The average molecular weight is 210 g/mol. The summed E-state index contributed by atoms with van der Waals surface area (Å²) in [5, 5.41) is 2.72. The van der Waals surface area contributed by atoms with Crippen LogP contribution in [0.2, 0.25) is 0 Å². The Bertz CT molecular complexity index is 738. The Balaban J connectivity index is 2.63. The van der Waals surface area contributed by atoms with Gasteiger partial charge in [-0.15, -0.1) is 0 Å². The quantitative estimate of drug-likeness (QED) is 0.533. The molecule has 0 aliphatic carbocycles. The highest BCUT2D eigenvalue weighted by atomic mass is 16.3. The summed E-state index contributed by atoms with van der Waals surface area (Å²) in [5.41, 5.74) is 1.36. The Kier molecular flexibility index (Phi) is 1.83. The molecular weight excluding hydrogens is 200 g/mol. The zero-order valence-corrected chi connectivity index (χ0v) is 8.86. The third-order valence-corrected chi connectivity index (χ3v) is 2.84. The van der Waals surface area contributed by atoms with Crippen molar-refractivity contribution in [1.29, 1.82) is 0 Å². The van der Waals surface area contributed by atoms with Gasteiger partial charge in [0, 0.05) is 10.9 Å². The van der Waals surface area contributed by atoms with Gasteiger partial charge in [0.2, 0.25) is 0 Å². The molecule has 0 saturated carbocycles. The van der Waals surface area contributed by atoms with E-state index in [0.717, 1.165) is 10.8 Å². The molecule has 1 aromatic heterocycles. The number of rotatable bonds is 0. The molecule has 0 aliphatic rings. The summed E-state index contributed by atoms with van der Waals surface area (Å²) in [5.74, 6) is 0. The van der Waals surface area contributed by atoms with Crippen LogP contribution in [0.1, 0.15) is 5.56 Å². The Hall–Kier alpha value is -2.09. The monoisotopic (exact) mass is 210 g/mol. The summed E-state index contributed by atoms with van der Waals surface area (Å²) >= 11 is 0. The Morgan fingerprint density at radius 2 is 1.81 bits per heavy atom. The van der Waals surface area contributed by atoms with E-state index in [1.165, 1.54) is 6.26 Å². The van der Waals surface area contributed by atoms with E-state index in [1.807, 2.05) is 36.4 Å². The second kappa shape index (κ2) is 3.20. The van der Waals surface area contributed by atoms with Gasteiger partial charge in [-0.3, -0.25) is 4.79 Å². The summed E-state index contributed by atoms with van der Waals surface area (Å²) in [7, 11) is 0. The summed E-state index contributed by atoms with van der Waals surface area (Å²) in [6, 6.07) is 11.7. The second-order valence-corrected chi connectivity index (χ2v) is 3.91. The molecule has 0 spiro atoms. The van der Waals surface area contributed by atoms with Crippen molar-refractivity contribution in [3.8, 4) is 0 Å². The molecule has 2 heteroatoms. The molecule has 78 valence electrons. The van der Waals surface area contributed by atoms with Crippen LogP contribution in [0, 0.1) is 6.92 Å². The summed E-state index contributed by atoms with van der Waals surface area (Å²) in [4.78, 5) is 11.9. The van der Waals surface area contributed by atoms with Crippen LogP contribution in [-0.4, -0.2) is 0 Å². The van der Waals surface area contributed by atoms with Gasteiger partial charge < -0.3 is 4.42 Å². The molecule has 3 rings (SSSR count). The number of fused-ring (bicyclic) bond motifs is 3. The minimum Gasteiger partial charge on any atom is -0.463 e. The second-order valence-electron chi connectivity index (χ2n) is 3.91. The van der Waals surface area contributed by atoms with Crippen LogP contribution >= 0.6 is 0 Å². The third-order valence-electron chi connectivity index (χ3n) is 2.84. The van der Waals surface area contributed by atoms with Gasteiger partial charge in [-0.25, -0.2) is 0 Å².